The highest BCUT2D eigenvalue weighted by molar-refractivity contribution is 6.30. The molecule has 1 fully saturated rings. The zero-order valence-corrected chi connectivity index (χ0v) is 15.3. The van der Waals surface area contributed by atoms with Crippen LogP contribution in [0.2, 0.25) is 5.02 Å². The van der Waals surface area contributed by atoms with Crippen molar-refractivity contribution in [3.8, 4) is 5.75 Å². The predicted molar refractivity (Wildman–Crippen MR) is 101 cm³/mol. The van der Waals surface area contributed by atoms with Gasteiger partial charge >= 0.3 is 6.03 Å². The SMILES string of the molecule is CC1(c2cccc(NC(=O)CCOc3cccc(Cl)c3)c2)NC(=O)NC1=O. The zero-order valence-electron chi connectivity index (χ0n) is 14.5. The third-order valence-electron chi connectivity index (χ3n) is 4.16. The van der Waals surface area contributed by atoms with Crippen molar-refractivity contribution < 1.29 is 19.1 Å². The van der Waals surface area contributed by atoms with E-state index in [0.717, 1.165) is 0 Å². The van der Waals surface area contributed by atoms with Gasteiger partial charge in [-0.15, -0.1) is 0 Å². The highest BCUT2D eigenvalue weighted by atomic mass is 35.5. The average Bonchev–Trinajstić information content (AvgIpc) is 2.88. The predicted octanol–water partition coefficient (Wildman–Crippen LogP) is 2.80. The second-order valence-electron chi connectivity index (χ2n) is 6.22. The maximum absolute atomic E-state index is 12.1. The molecule has 0 aromatic heterocycles. The summed E-state index contributed by atoms with van der Waals surface area (Å²) in [7, 11) is 0. The van der Waals surface area contributed by atoms with Crippen molar-refractivity contribution in [2.45, 2.75) is 18.9 Å². The Labute approximate surface area is 161 Å². The summed E-state index contributed by atoms with van der Waals surface area (Å²) in [6.45, 7) is 1.80. The Morgan fingerprint density at radius 3 is 2.67 bits per heavy atom. The van der Waals surface area contributed by atoms with Crippen LogP contribution < -0.4 is 20.7 Å². The molecule has 2 aromatic carbocycles. The van der Waals surface area contributed by atoms with Gasteiger partial charge in [-0.25, -0.2) is 4.79 Å². The molecule has 3 rings (SSSR count). The number of ether oxygens (including phenoxy) is 1. The van der Waals surface area contributed by atoms with Gasteiger partial charge in [-0.1, -0.05) is 29.8 Å². The Balaban J connectivity index is 1.58. The summed E-state index contributed by atoms with van der Waals surface area (Å²) in [5.74, 6) is -0.0849. The molecule has 0 saturated carbocycles. The first-order valence-electron chi connectivity index (χ1n) is 8.29. The Hall–Kier alpha value is -3.06. The van der Waals surface area contributed by atoms with Crippen LogP contribution in [0.25, 0.3) is 0 Å². The van der Waals surface area contributed by atoms with E-state index in [9.17, 15) is 14.4 Å². The average molecular weight is 388 g/mol. The van der Waals surface area contributed by atoms with Crippen molar-refractivity contribution in [2.24, 2.45) is 0 Å². The molecule has 4 amide bonds. The fourth-order valence-electron chi connectivity index (χ4n) is 2.70. The molecule has 1 heterocycles. The van der Waals surface area contributed by atoms with Gasteiger partial charge in [0.15, 0.2) is 0 Å². The number of carbonyl (C=O) groups is 3. The minimum Gasteiger partial charge on any atom is -0.493 e. The van der Waals surface area contributed by atoms with Gasteiger partial charge < -0.3 is 15.4 Å². The normalized spacial score (nSPS) is 18.6. The van der Waals surface area contributed by atoms with Crippen LogP contribution >= 0.6 is 11.6 Å². The summed E-state index contributed by atoms with van der Waals surface area (Å²) in [5.41, 5.74) is -0.0812. The molecule has 1 aliphatic rings. The monoisotopic (exact) mass is 387 g/mol. The quantitative estimate of drug-likeness (QED) is 0.664. The van der Waals surface area contributed by atoms with Crippen LogP contribution in [-0.2, 0) is 15.1 Å². The number of benzene rings is 2. The molecular weight excluding hydrogens is 370 g/mol. The lowest BCUT2D eigenvalue weighted by Gasteiger charge is -2.21. The van der Waals surface area contributed by atoms with Gasteiger partial charge in [-0.2, -0.15) is 0 Å². The van der Waals surface area contributed by atoms with Crippen LogP contribution in [0.3, 0.4) is 0 Å². The van der Waals surface area contributed by atoms with E-state index in [4.69, 9.17) is 16.3 Å². The minimum atomic E-state index is -1.17. The van der Waals surface area contributed by atoms with E-state index in [1.165, 1.54) is 0 Å². The van der Waals surface area contributed by atoms with Crippen molar-refractivity contribution in [2.75, 3.05) is 11.9 Å². The number of carbonyl (C=O) groups excluding carboxylic acids is 3. The Bertz CT molecular complexity index is 902. The summed E-state index contributed by atoms with van der Waals surface area (Å²) < 4.78 is 5.50. The molecule has 1 aliphatic heterocycles. The number of hydrogen-bond donors (Lipinski definition) is 3. The number of rotatable bonds is 6. The summed E-state index contributed by atoms with van der Waals surface area (Å²) in [6.07, 6.45) is 0.144. The maximum Gasteiger partial charge on any atom is 0.322 e. The summed E-state index contributed by atoms with van der Waals surface area (Å²) in [4.78, 5) is 35.6. The fraction of sp³-hybridized carbons (Fsp3) is 0.211. The molecule has 27 heavy (non-hydrogen) atoms. The third-order valence-corrected chi connectivity index (χ3v) is 4.40. The van der Waals surface area contributed by atoms with Crippen LogP contribution in [0, 0.1) is 0 Å². The largest absolute Gasteiger partial charge is 0.493 e. The van der Waals surface area contributed by atoms with Gasteiger partial charge in [0.25, 0.3) is 5.91 Å². The van der Waals surface area contributed by atoms with Crippen LogP contribution in [0.1, 0.15) is 18.9 Å². The highest BCUT2D eigenvalue weighted by Gasteiger charge is 2.43. The lowest BCUT2D eigenvalue weighted by molar-refractivity contribution is -0.123. The molecule has 0 radical (unpaired) electrons. The molecule has 1 saturated heterocycles. The number of imide groups is 1. The minimum absolute atomic E-state index is 0.144. The van der Waals surface area contributed by atoms with Crippen molar-refractivity contribution in [1.82, 2.24) is 10.6 Å². The molecule has 140 valence electrons. The van der Waals surface area contributed by atoms with E-state index in [2.05, 4.69) is 16.0 Å². The standard InChI is InChI=1S/C19H18ClN3O4/c1-19(17(25)22-18(26)23-19)12-4-2-6-14(10-12)21-16(24)8-9-27-15-7-3-5-13(20)11-15/h2-7,10-11H,8-9H2,1H3,(H,21,24)(H2,22,23,25,26). The molecule has 3 N–H and O–H groups in total. The number of anilines is 1. The summed E-state index contributed by atoms with van der Waals surface area (Å²) >= 11 is 5.88. The van der Waals surface area contributed by atoms with E-state index in [1.54, 1.807) is 55.5 Å². The molecule has 1 unspecified atom stereocenters. The second-order valence-corrected chi connectivity index (χ2v) is 6.65. The van der Waals surface area contributed by atoms with Gasteiger partial charge in [0.05, 0.1) is 13.0 Å². The highest BCUT2D eigenvalue weighted by Crippen LogP contribution is 2.26. The molecule has 1 atom stereocenters. The number of halogens is 1. The number of urea groups is 1. The first-order chi connectivity index (χ1) is 12.9. The number of hydrogen-bond acceptors (Lipinski definition) is 4. The Kier molecular flexibility index (Phi) is 5.32. The van der Waals surface area contributed by atoms with E-state index >= 15 is 0 Å². The molecule has 0 aliphatic carbocycles. The van der Waals surface area contributed by atoms with Crippen molar-refractivity contribution in [3.63, 3.8) is 0 Å². The summed E-state index contributed by atoms with van der Waals surface area (Å²) in [5, 5.41) is 8.12. The lowest BCUT2D eigenvalue weighted by Crippen LogP contribution is -2.40. The number of nitrogens with one attached hydrogen (secondary N) is 3. The smallest absolute Gasteiger partial charge is 0.322 e. The first-order valence-corrected chi connectivity index (χ1v) is 8.67. The topological polar surface area (TPSA) is 96.5 Å². The lowest BCUT2D eigenvalue weighted by atomic mass is 9.92. The molecule has 2 aromatic rings. The van der Waals surface area contributed by atoms with Crippen LogP contribution in [0.4, 0.5) is 10.5 Å². The summed E-state index contributed by atoms with van der Waals surface area (Å²) in [6, 6.07) is 13.2. The molecule has 7 nitrogen and oxygen atoms in total. The fourth-order valence-corrected chi connectivity index (χ4v) is 2.88. The van der Waals surface area contributed by atoms with Crippen molar-refractivity contribution >= 4 is 35.1 Å². The molecule has 0 spiro atoms. The van der Waals surface area contributed by atoms with E-state index in [-0.39, 0.29) is 18.9 Å². The molecule has 0 bridgehead atoms. The van der Waals surface area contributed by atoms with Crippen LogP contribution in [-0.4, -0.2) is 24.5 Å². The second kappa shape index (κ2) is 7.67. The van der Waals surface area contributed by atoms with Gasteiger partial charge in [-0.3, -0.25) is 14.9 Å². The Morgan fingerprint density at radius 2 is 1.96 bits per heavy atom. The Morgan fingerprint density at radius 1 is 1.19 bits per heavy atom. The van der Waals surface area contributed by atoms with Crippen molar-refractivity contribution in [1.29, 1.82) is 0 Å². The molecule has 8 heteroatoms. The maximum atomic E-state index is 12.1. The molecular formula is C19H18ClN3O4. The van der Waals surface area contributed by atoms with Gasteiger partial charge in [0, 0.05) is 10.7 Å². The van der Waals surface area contributed by atoms with E-state index in [1.807, 2.05) is 0 Å². The van der Waals surface area contributed by atoms with Crippen molar-refractivity contribution in [3.05, 3.63) is 59.1 Å². The van der Waals surface area contributed by atoms with E-state index < -0.39 is 17.5 Å². The van der Waals surface area contributed by atoms with Gasteiger partial charge in [-0.05, 0) is 42.8 Å². The van der Waals surface area contributed by atoms with Gasteiger partial charge in [0.1, 0.15) is 11.3 Å². The zero-order chi connectivity index (χ0) is 19.4. The third kappa shape index (κ3) is 4.38. The van der Waals surface area contributed by atoms with Crippen LogP contribution in [0.5, 0.6) is 5.75 Å². The first kappa shape index (κ1) is 18.7. The van der Waals surface area contributed by atoms with Gasteiger partial charge in [0.2, 0.25) is 5.91 Å². The van der Waals surface area contributed by atoms with E-state index in [0.29, 0.717) is 22.0 Å². The number of amides is 4. The van der Waals surface area contributed by atoms with Crippen LogP contribution in [0.15, 0.2) is 48.5 Å².